The first-order valence-corrected chi connectivity index (χ1v) is 10.7. The summed E-state index contributed by atoms with van der Waals surface area (Å²) in [7, 11) is 2.12. The Morgan fingerprint density at radius 1 is 1.32 bits per heavy atom. The summed E-state index contributed by atoms with van der Waals surface area (Å²) in [5, 5.41) is 8.02. The number of benzene rings is 1. The molecule has 1 aromatic carbocycles. The molecule has 2 saturated heterocycles. The van der Waals surface area contributed by atoms with Crippen LogP contribution in [0.3, 0.4) is 0 Å². The molecule has 1 amide bonds. The smallest absolute Gasteiger partial charge is 0.282 e. The third-order valence-corrected chi connectivity index (χ3v) is 6.12. The van der Waals surface area contributed by atoms with E-state index in [9.17, 15) is 9.18 Å². The highest BCUT2D eigenvalue weighted by Crippen LogP contribution is 2.42. The Morgan fingerprint density at radius 2 is 2.10 bits per heavy atom. The highest BCUT2D eigenvalue weighted by molar-refractivity contribution is 5.97. The maximum atomic E-state index is 14.0. The maximum Gasteiger partial charge on any atom is 0.282 e. The van der Waals surface area contributed by atoms with Gasteiger partial charge in [-0.15, -0.1) is 10.2 Å². The van der Waals surface area contributed by atoms with Crippen molar-refractivity contribution in [3.63, 3.8) is 0 Å². The van der Waals surface area contributed by atoms with Gasteiger partial charge >= 0.3 is 0 Å². The standard InChI is InChI=1S/C22H29FN6O2/c1-5-29(15(2)3)21(30)17-10-16(23)6-7-18(17)31-20-19(24-14-25-26-20)28-9-8-22(13-28)11-27(4)12-22/h6-7,10,14-15H,5,8-9,11-13H2,1-4H3. The van der Waals surface area contributed by atoms with Gasteiger partial charge in [-0.25, -0.2) is 9.37 Å². The lowest BCUT2D eigenvalue weighted by Gasteiger charge is -2.46. The summed E-state index contributed by atoms with van der Waals surface area (Å²) in [5.41, 5.74) is 0.443. The Morgan fingerprint density at radius 3 is 2.77 bits per heavy atom. The fourth-order valence-electron chi connectivity index (χ4n) is 4.78. The average molecular weight is 429 g/mol. The summed E-state index contributed by atoms with van der Waals surface area (Å²) < 4.78 is 20.1. The van der Waals surface area contributed by atoms with Crippen molar-refractivity contribution in [2.75, 3.05) is 44.7 Å². The molecule has 0 aliphatic carbocycles. The Labute approximate surface area is 182 Å². The molecule has 2 aliphatic heterocycles. The van der Waals surface area contributed by atoms with Gasteiger partial charge in [-0.1, -0.05) is 0 Å². The normalized spacial score (nSPS) is 17.8. The highest BCUT2D eigenvalue weighted by Gasteiger charge is 2.47. The number of carbonyl (C=O) groups excluding carboxylic acids is 1. The van der Waals surface area contributed by atoms with E-state index < -0.39 is 5.82 Å². The summed E-state index contributed by atoms with van der Waals surface area (Å²) >= 11 is 0. The number of hydrogen-bond acceptors (Lipinski definition) is 7. The van der Waals surface area contributed by atoms with Gasteiger partial charge in [0.25, 0.3) is 11.8 Å². The van der Waals surface area contributed by atoms with Gasteiger partial charge in [-0.3, -0.25) is 4.79 Å². The minimum absolute atomic E-state index is 0.0243. The van der Waals surface area contributed by atoms with Crippen LogP contribution in [0.15, 0.2) is 24.5 Å². The number of hydrogen-bond donors (Lipinski definition) is 0. The van der Waals surface area contributed by atoms with Crippen LogP contribution in [0.1, 0.15) is 37.6 Å². The number of rotatable bonds is 6. The van der Waals surface area contributed by atoms with Crippen molar-refractivity contribution in [2.45, 2.75) is 33.2 Å². The van der Waals surface area contributed by atoms with Gasteiger partial charge in [0.15, 0.2) is 5.82 Å². The lowest BCUT2D eigenvalue weighted by molar-refractivity contribution is 0.0424. The molecule has 2 aliphatic rings. The first-order valence-electron chi connectivity index (χ1n) is 10.7. The Bertz CT molecular complexity index is 963. The van der Waals surface area contributed by atoms with E-state index >= 15 is 0 Å². The van der Waals surface area contributed by atoms with Crippen LogP contribution in [-0.4, -0.2) is 76.7 Å². The fourth-order valence-corrected chi connectivity index (χ4v) is 4.78. The molecule has 2 fully saturated rings. The van der Waals surface area contributed by atoms with Crippen LogP contribution in [0, 0.1) is 11.2 Å². The van der Waals surface area contributed by atoms with E-state index in [4.69, 9.17) is 4.74 Å². The zero-order chi connectivity index (χ0) is 22.2. The van der Waals surface area contributed by atoms with Crippen molar-refractivity contribution in [1.29, 1.82) is 0 Å². The molecule has 4 rings (SSSR count). The molecule has 3 heterocycles. The predicted molar refractivity (Wildman–Crippen MR) is 115 cm³/mol. The molecule has 9 heteroatoms. The maximum absolute atomic E-state index is 14.0. The predicted octanol–water partition coefficient (Wildman–Crippen LogP) is 2.82. The quantitative estimate of drug-likeness (QED) is 0.700. The van der Waals surface area contributed by atoms with E-state index in [0.29, 0.717) is 12.4 Å². The molecular formula is C22H29FN6O2. The molecule has 2 aromatic rings. The molecule has 0 N–H and O–H groups in total. The largest absolute Gasteiger partial charge is 0.434 e. The molecule has 31 heavy (non-hydrogen) atoms. The minimum atomic E-state index is -0.497. The van der Waals surface area contributed by atoms with E-state index in [2.05, 4.69) is 32.0 Å². The lowest BCUT2D eigenvalue weighted by atomic mass is 9.79. The molecule has 8 nitrogen and oxygen atoms in total. The van der Waals surface area contributed by atoms with Gasteiger partial charge < -0.3 is 19.4 Å². The van der Waals surface area contributed by atoms with Crippen molar-refractivity contribution in [2.24, 2.45) is 5.41 Å². The van der Waals surface area contributed by atoms with Crippen LogP contribution >= 0.6 is 0 Å². The second kappa shape index (κ2) is 8.37. The summed E-state index contributed by atoms with van der Waals surface area (Å²) in [6, 6.07) is 3.92. The van der Waals surface area contributed by atoms with Crippen molar-refractivity contribution in [3.05, 3.63) is 35.9 Å². The van der Waals surface area contributed by atoms with E-state index in [1.54, 1.807) is 4.90 Å². The molecule has 166 valence electrons. The first kappa shape index (κ1) is 21.4. The van der Waals surface area contributed by atoms with E-state index in [1.165, 1.54) is 24.5 Å². The van der Waals surface area contributed by atoms with Crippen LogP contribution in [0.2, 0.25) is 0 Å². The first-order chi connectivity index (χ1) is 14.8. The van der Waals surface area contributed by atoms with Gasteiger partial charge in [-0.05, 0) is 52.4 Å². The van der Waals surface area contributed by atoms with Crippen LogP contribution in [0.4, 0.5) is 10.2 Å². The van der Waals surface area contributed by atoms with Crippen LogP contribution in [0.5, 0.6) is 11.6 Å². The topological polar surface area (TPSA) is 74.7 Å². The summed E-state index contributed by atoms with van der Waals surface area (Å²) in [6.07, 6.45) is 2.48. The summed E-state index contributed by atoms with van der Waals surface area (Å²) in [4.78, 5) is 23.6. The van der Waals surface area contributed by atoms with Gasteiger partial charge in [0, 0.05) is 44.2 Å². The number of carbonyl (C=O) groups is 1. The molecule has 0 bridgehead atoms. The molecule has 0 unspecified atom stereocenters. The van der Waals surface area contributed by atoms with Crippen molar-refractivity contribution >= 4 is 11.7 Å². The highest BCUT2D eigenvalue weighted by atomic mass is 19.1. The molecular weight excluding hydrogens is 399 g/mol. The van der Waals surface area contributed by atoms with Crippen molar-refractivity contribution in [3.8, 4) is 11.6 Å². The number of likely N-dealkylation sites (tertiary alicyclic amines) is 1. The van der Waals surface area contributed by atoms with E-state index in [1.807, 2.05) is 20.8 Å². The van der Waals surface area contributed by atoms with Crippen LogP contribution < -0.4 is 9.64 Å². The molecule has 1 aromatic heterocycles. The van der Waals surface area contributed by atoms with E-state index in [-0.39, 0.29) is 34.6 Å². The molecule has 1 spiro atoms. The van der Waals surface area contributed by atoms with Crippen molar-refractivity contribution < 1.29 is 13.9 Å². The van der Waals surface area contributed by atoms with Crippen LogP contribution in [-0.2, 0) is 0 Å². The Kier molecular flexibility index (Phi) is 5.79. The zero-order valence-electron chi connectivity index (χ0n) is 18.5. The monoisotopic (exact) mass is 428 g/mol. The molecule has 0 radical (unpaired) electrons. The second-order valence-electron chi connectivity index (χ2n) is 8.86. The number of anilines is 1. The number of ether oxygens (including phenoxy) is 1. The Hall–Kier alpha value is -2.81. The summed E-state index contributed by atoms with van der Waals surface area (Å²) in [5.74, 6) is 0.277. The van der Waals surface area contributed by atoms with Crippen molar-refractivity contribution in [1.82, 2.24) is 25.0 Å². The zero-order valence-corrected chi connectivity index (χ0v) is 18.5. The van der Waals surface area contributed by atoms with Gasteiger partial charge in [-0.2, -0.15) is 0 Å². The third-order valence-electron chi connectivity index (χ3n) is 6.12. The Balaban J connectivity index is 1.62. The second-order valence-corrected chi connectivity index (χ2v) is 8.86. The third kappa shape index (κ3) is 4.19. The lowest BCUT2D eigenvalue weighted by Crippen LogP contribution is -2.55. The van der Waals surface area contributed by atoms with Gasteiger partial charge in [0.05, 0.1) is 5.56 Å². The molecule has 0 atom stereocenters. The SMILES string of the molecule is CCN(C(=O)c1cc(F)ccc1Oc1nncnc1N1CCC2(CN(C)C2)C1)C(C)C. The summed E-state index contributed by atoms with van der Waals surface area (Å²) in [6.45, 7) is 10.1. The number of amides is 1. The van der Waals surface area contributed by atoms with Gasteiger partial charge in [0.2, 0.25) is 0 Å². The average Bonchev–Trinajstić information content (AvgIpc) is 3.14. The number of halogens is 1. The molecule has 0 saturated carbocycles. The minimum Gasteiger partial charge on any atom is -0.434 e. The van der Waals surface area contributed by atoms with Gasteiger partial charge in [0.1, 0.15) is 17.9 Å². The van der Waals surface area contributed by atoms with E-state index in [0.717, 1.165) is 32.6 Å². The number of aromatic nitrogens is 3. The van der Waals surface area contributed by atoms with Crippen LogP contribution in [0.25, 0.3) is 0 Å². The number of nitrogens with zero attached hydrogens (tertiary/aromatic N) is 6. The fraction of sp³-hybridized carbons (Fsp3) is 0.545.